The molecule has 0 aromatic heterocycles. The Morgan fingerprint density at radius 3 is 2.47 bits per heavy atom. The molecule has 2 aromatic carbocycles. The van der Waals surface area contributed by atoms with E-state index >= 15 is 0 Å². The average Bonchev–Trinajstić information content (AvgIpc) is 2.38. The SMILES string of the molecule is OC(Cc1cccc(Cl)c1Cl)c1ccc(I)c(Cl)c1. The van der Waals surface area contributed by atoms with Crippen molar-refractivity contribution in [2.45, 2.75) is 12.5 Å². The summed E-state index contributed by atoms with van der Waals surface area (Å²) in [4.78, 5) is 0. The largest absolute Gasteiger partial charge is 0.388 e. The van der Waals surface area contributed by atoms with Crippen molar-refractivity contribution in [3.63, 3.8) is 0 Å². The smallest absolute Gasteiger partial charge is 0.0831 e. The summed E-state index contributed by atoms with van der Waals surface area (Å²) in [5, 5.41) is 11.9. The van der Waals surface area contributed by atoms with Gasteiger partial charge in [-0.2, -0.15) is 0 Å². The monoisotopic (exact) mass is 426 g/mol. The van der Waals surface area contributed by atoms with Gasteiger partial charge in [-0.25, -0.2) is 0 Å². The number of hydrogen-bond donors (Lipinski definition) is 1. The quantitative estimate of drug-likeness (QED) is 0.639. The van der Waals surface area contributed by atoms with E-state index in [1.54, 1.807) is 12.1 Å². The minimum absolute atomic E-state index is 0.399. The van der Waals surface area contributed by atoms with Crippen LogP contribution in [0.1, 0.15) is 17.2 Å². The summed E-state index contributed by atoms with van der Waals surface area (Å²) in [6, 6.07) is 10.9. The fourth-order valence-electron chi connectivity index (χ4n) is 1.75. The number of halogens is 4. The summed E-state index contributed by atoms with van der Waals surface area (Å²) in [6.07, 6.45) is -0.262. The van der Waals surface area contributed by atoms with E-state index < -0.39 is 6.10 Å². The van der Waals surface area contributed by atoms with Crippen LogP contribution in [0.2, 0.25) is 15.1 Å². The Labute approximate surface area is 140 Å². The van der Waals surface area contributed by atoms with Crippen molar-refractivity contribution in [3.8, 4) is 0 Å². The van der Waals surface area contributed by atoms with Crippen LogP contribution in [0.15, 0.2) is 36.4 Å². The molecule has 100 valence electrons. The first-order valence-electron chi connectivity index (χ1n) is 5.55. The van der Waals surface area contributed by atoms with Crippen LogP contribution in [0.5, 0.6) is 0 Å². The van der Waals surface area contributed by atoms with Gasteiger partial charge in [0.1, 0.15) is 0 Å². The van der Waals surface area contributed by atoms with Crippen LogP contribution in [0.25, 0.3) is 0 Å². The van der Waals surface area contributed by atoms with Gasteiger partial charge in [-0.3, -0.25) is 0 Å². The molecule has 1 atom stereocenters. The van der Waals surface area contributed by atoms with E-state index in [0.717, 1.165) is 14.7 Å². The normalized spacial score (nSPS) is 12.5. The molecule has 0 spiro atoms. The van der Waals surface area contributed by atoms with Crippen molar-refractivity contribution in [1.29, 1.82) is 0 Å². The maximum absolute atomic E-state index is 10.2. The van der Waals surface area contributed by atoms with Crippen LogP contribution in [0, 0.1) is 3.57 Å². The summed E-state index contributed by atoms with van der Waals surface area (Å²) >= 11 is 20.3. The third-order valence-electron chi connectivity index (χ3n) is 2.77. The van der Waals surface area contributed by atoms with Crippen LogP contribution in [-0.4, -0.2) is 5.11 Å². The molecule has 0 aliphatic rings. The van der Waals surface area contributed by atoms with Gasteiger partial charge in [0.15, 0.2) is 0 Å². The van der Waals surface area contributed by atoms with Crippen LogP contribution in [0.4, 0.5) is 0 Å². The molecular weight excluding hydrogens is 417 g/mol. The second-order valence-electron chi connectivity index (χ2n) is 4.11. The van der Waals surface area contributed by atoms with Gasteiger partial charge in [0.05, 0.1) is 21.2 Å². The minimum atomic E-state index is -0.662. The molecule has 0 amide bonds. The highest BCUT2D eigenvalue weighted by Crippen LogP contribution is 2.30. The Bertz CT molecular complexity index is 601. The van der Waals surface area contributed by atoms with Gasteiger partial charge in [-0.1, -0.05) is 53.0 Å². The Kier molecular flexibility index (Phi) is 5.37. The number of aliphatic hydroxyl groups is 1. The molecular formula is C14H10Cl3IO. The topological polar surface area (TPSA) is 20.2 Å². The lowest BCUT2D eigenvalue weighted by Gasteiger charge is -2.13. The molecule has 0 aliphatic carbocycles. The minimum Gasteiger partial charge on any atom is -0.388 e. The van der Waals surface area contributed by atoms with Gasteiger partial charge in [-0.05, 0) is 51.9 Å². The summed E-state index contributed by atoms with van der Waals surface area (Å²) in [7, 11) is 0. The van der Waals surface area contributed by atoms with Gasteiger partial charge in [0, 0.05) is 9.99 Å². The highest BCUT2D eigenvalue weighted by molar-refractivity contribution is 14.1. The van der Waals surface area contributed by atoms with Crippen molar-refractivity contribution >= 4 is 57.4 Å². The Morgan fingerprint density at radius 2 is 1.79 bits per heavy atom. The fourth-order valence-corrected chi connectivity index (χ4v) is 2.67. The van der Waals surface area contributed by atoms with E-state index in [0.29, 0.717) is 21.5 Å². The van der Waals surface area contributed by atoms with E-state index in [9.17, 15) is 5.11 Å². The third kappa shape index (κ3) is 3.76. The van der Waals surface area contributed by atoms with E-state index in [-0.39, 0.29) is 0 Å². The van der Waals surface area contributed by atoms with Crippen molar-refractivity contribution in [2.24, 2.45) is 0 Å². The Balaban J connectivity index is 2.23. The van der Waals surface area contributed by atoms with Crippen molar-refractivity contribution in [1.82, 2.24) is 0 Å². The van der Waals surface area contributed by atoms with E-state index in [1.807, 2.05) is 24.3 Å². The summed E-state index contributed by atoms with van der Waals surface area (Å²) in [5.74, 6) is 0. The predicted molar refractivity (Wildman–Crippen MR) is 89.3 cm³/mol. The number of rotatable bonds is 3. The number of aliphatic hydroxyl groups excluding tert-OH is 1. The molecule has 1 N–H and O–H groups in total. The molecule has 0 saturated heterocycles. The lowest BCUT2D eigenvalue weighted by atomic mass is 10.0. The highest BCUT2D eigenvalue weighted by atomic mass is 127. The zero-order valence-electron chi connectivity index (χ0n) is 9.71. The molecule has 0 radical (unpaired) electrons. The zero-order chi connectivity index (χ0) is 14.0. The van der Waals surface area contributed by atoms with Crippen LogP contribution in [0.3, 0.4) is 0 Å². The second kappa shape index (κ2) is 6.64. The molecule has 0 aliphatic heterocycles. The Hall–Kier alpha value is -0.0000000000000000555. The van der Waals surface area contributed by atoms with Crippen molar-refractivity contribution < 1.29 is 5.11 Å². The zero-order valence-corrected chi connectivity index (χ0v) is 14.1. The molecule has 0 saturated carbocycles. The summed E-state index contributed by atoms with van der Waals surface area (Å²) in [5.41, 5.74) is 1.58. The fraction of sp³-hybridized carbons (Fsp3) is 0.143. The van der Waals surface area contributed by atoms with E-state index in [1.165, 1.54) is 0 Å². The summed E-state index contributed by atoms with van der Waals surface area (Å²) in [6.45, 7) is 0. The first-order chi connectivity index (χ1) is 8.99. The van der Waals surface area contributed by atoms with E-state index in [4.69, 9.17) is 34.8 Å². The highest BCUT2D eigenvalue weighted by Gasteiger charge is 2.13. The maximum Gasteiger partial charge on any atom is 0.0831 e. The molecule has 1 unspecified atom stereocenters. The van der Waals surface area contributed by atoms with Crippen LogP contribution < -0.4 is 0 Å². The standard InChI is InChI=1S/C14H10Cl3IO/c15-10-3-1-2-9(14(10)17)7-13(19)8-4-5-12(18)11(16)6-8/h1-6,13,19H,7H2. The number of benzene rings is 2. The van der Waals surface area contributed by atoms with Gasteiger partial charge >= 0.3 is 0 Å². The lowest BCUT2D eigenvalue weighted by molar-refractivity contribution is 0.178. The molecule has 2 rings (SSSR count). The molecule has 0 bridgehead atoms. The van der Waals surface area contributed by atoms with Crippen LogP contribution >= 0.6 is 57.4 Å². The summed E-state index contributed by atoms with van der Waals surface area (Å²) < 4.78 is 0.955. The first-order valence-corrected chi connectivity index (χ1v) is 7.76. The van der Waals surface area contributed by atoms with E-state index in [2.05, 4.69) is 22.6 Å². The molecule has 1 nitrogen and oxygen atoms in total. The average molecular weight is 427 g/mol. The van der Waals surface area contributed by atoms with Gasteiger partial charge in [0.25, 0.3) is 0 Å². The van der Waals surface area contributed by atoms with Crippen LogP contribution in [-0.2, 0) is 6.42 Å². The molecule has 0 heterocycles. The maximum atomic E-state index is 10.2. The molecule has 2 aromatic rings. The second-order valence-corrected chi connectivity index (χ2v) is 6.46. The van der Waals surface area contributed by atoms with Gasteiger partial charge in [0.2, 0.25) is 0 Å². The number of hydrogen-bond acceptors (Lipinski definition) is 1. The molecule has 19 heavy (non-hydrogen) atoms. The third-order valence-corrected chi connectivity index (χ3v) is 5.20. The first kappa shape index (κ1) is 15.4. The van der Waals surface area contributed by atoms with Gasteiger partial charge < -0.3 is 5.11 Å². The molecule has 5 heteroatoms. The van der Waals surface area contributed by atoms with Crippen molar-refractivity contribution in [3.05, 3.63) is 66.2 Å². The van der Waals surface area contributed by atoms with Gasteiger partial charge in [-0.15, -0.1) is 0 Å². The Morgan fingerprint density at radius 1 is 1.05 bits per heavy atom. The lowest BCUT2D eigenvalue weighted by Crippen LogP contribution is -2.02. The molecule has 0 fully saturated rings. The van der Waals surface area contributed by atoms with Crippen molar-refractivity contribution in [2.75, 3.05) is 0 Å². The predicted octanol–water partition coefficient (Wildman–Crippen LogP) is 5.53.